The molecule has 0 spiro atoms. The molecule has 0 N–H and O–H groups in total. The van der Waals surface area contributed by atoms with Crippen LogP contribution < -0.4 is 4.74 Å². The molecule has 33 heavy (non-hydrogen) atoms. The van der Waals surface area contributed by atoms with Gasteiger partial charge in [0.05, 0.1) is 0 Å². The quantitative estimate of drug-likeness (QED) is 0.271. The minimum absolute atomic E-state index is 0. The molecule has 1 aliphatic carbocycles. The lowest BCUT2D eigenvalue weighted by Gasteiger charge is -2.29. The van der Waals surface area contributed by atoms with Crippen molar-refractivity contribution >= 4 is 0 Å². The average molecular weight is 463 g/mol. The van der Waals surface area contributed by atoms with Gasteiger partial charge in [0, 0.05) is 23.3 Å². The van der Waals surface area contributed by atoms with Crippen molar-refractivity contribution in [2.24, 2.45) is 5.92 Å². The SMILES string of the molecule is C.CC[C@H]1CC[C@H](c2c(F)cc(-c3ccccc3)c(Oc3cc(F)c(F)c(F)c3)c2F)CC1. The normalized spacial score (nSPS) is 18.0. The van der Waals surface area contributed by atoms with E-state index in [1.165, 1.54) is 6.07 Å². The molecule has 0 aliphatic heterocycles. The molecule has 0 unspecified atom stereocenters. The number of benzene rings is 3. The fourth-order valence-electron chi connectivity index (χ4n) is 4.49. The van der Waals surface area contributed by atoms with Crippen molar-refractivity contribution in [2.75, 3.05) is 0 Å². The summed E-state index contributed by atoms with van der Waals surface area (Å²) >= 11 is 0. The second-order valence-electron chi connectivity index (χ2n) is 8.26. The van der Waals surface area contributed by atoms with Crippen LogP contribution in [0.5, 0.6) is 11.5 Å². The third kappa shape index (κ3) is 5.05. The lowest BCUT2D eigenvalue weighted by atomic mass is 9.77. The van der Waals surface area contributed by atoms with Gasteiger partial charge in [-0.25, -0.2) is 22.0 Å². The first-order valence-corrected chi connectivity index (χ1v) is 10.8. The molecule has 0 aromatic heterocycles. The summed E-state index contributed by atoms with van der Waals surface area (Å²) in [6, 6.07) is 10.9. The summed E-state index contributed by atoms with van der Waals surface area (Å²) in [4.78, 5) is 0. The Hall–Kier alpha value is -2.89. The van der Waals surface area contributed by atoms with E-state index in [1.54, 1.807) is 30.3 Å². The van der Waals surface area contributed by atoms with Crippen molar-refractivity contribution < 1.29 is 26.7 Å². The van der Waals surface area contributed by atoms with Crippen LogP contribution in [0.4, 0.5) is 22.0 Å². The summed E-state index contributed by atoms with van der Waals surface area (Å²) in [7, 11) is 0. The average Bonchev–Trinajstić information content (AvgIpc) is 2.80. The number of hydrogen-bond donors (Lipinski definition) is 0. The largest absolute Gasteiger partial charge is 0.453 e. The minimum atomic E-state index is -1.64. The van der Waals surface area contributed by atoms with Crippen LogP contribution in [-0.4, -0.2) is 0 Å². The van der Waals surface area contributed by atoms with Crippen LogP contribution >= 0.6 is 0 Å². The van der Waals surface area contributed by atoms with Crippen LogP contribution in [0.3, 0.4) is 0 Å². The van der Waals surface area contributed by atoms with Crippen LogP contribution in [0.2, 0.25) is 0 Å². The zero-order chi connectivity index (χ0) is 22.8. The molecule has 1 saturated carbocycles. The molecule has 0 heterocycles. The van der Waals surface area contributed by atoms with Crippen molar-refractivity contribution in [1.29, 1.82) is 0 Å². The summed E-state index contributed by atoms with van der Waals surface area (Å²) in [5, 5.41) is 0. The Kier molecular flexibility index (Phi) is 7.77. The fraction of sp³-hybridized carbons (Fsp3) is 0.333. The number of halogens is 5. The predicted molar refractivity (Wildman–Crippen MR) is 120 cm³/mol. The van der Waals surface area contributed by atoms with E-state index < -0.39 is 34.8 Å². The highest BCUT2D eigenvalue weighted by molar-refractivity contribution is 5.72. The third-order valence-corrected chi connectivity index (χ3v) is 6.30. The summed E-state index contributed by atoms with van der Waals surface area (Å²) < 4.78 is 77.3. The van der Waals surface area contributed by atoms with E-state index in [4.69, 9.17) is 4.74 Å². The smallest absolute Gasteiger partial charge is 0.194 e. The van der Waals surface area contributed by atoms with Gasteiger partial charge in [0.15, 0.2) is 29.0 Å². The predicted octanol–water partition coefficient (Wildman–Crippen LogP) is 9.16. The topological polar surface area (TPSA) is 9.23 Å². The molecule has 0 atom stereocenters. The highest BCUT2D eigenvalue weighted by Gasteiger charge is 2.30. The van der Waals surface area contributed by atoms with Gasteiger partial charge in [0.25, 0.3) is 0 Å². The van der Waals surface area contributed by atoms with Crippen LogP contribution in [0.15, 0.2) is 48.5 Å². The molecule has 0 radical (unpaired) electrons. The number of ether oxygens (including phenoxy) is 1. The molecule has 1 nitrogen and oxygen atoms in total. The van der Waals surface area contributed by atoms with Gasteiger partial charge >= 0.3 is 0 Å². The van der Waals surface area contributed by atoms with Crippen LogP contribution in [0.1, 0.15) is 57.9 Å². The molecule has 0 amide bonds. The first kappa shape index (κ1) is 24.7. The van der Waals surface area contributed by atoms with Gasteiger partial charge < -0.3 is 4.74 Å². The Morgan fingerprint density at radius 2 is 1.39 bits per heavy atom. The monoisotopic (exact) mass is 462 g/mol. The maximum atomic E-state index is 15.8. The van der Waals surface area contributed by atoms with E-state index in [0.717, 1.165) is 19.3 Å². The van der Waals surface area contributed by atoms with Gasteiger partial charge in [0.2, 0.25) is 0 Å². The lowest BCUT2D eigenvalue weighted by molar-refractivity contribution is 0.307. The van der Waals surface area contributed by atoms with E-state index in [2.05, 4.69) is 6.92 Å². The van der Waals surface area contributed by atoms with E-state index >= 15 is 8.78 Å². The maximum absolute atomic E-state index is 15.8. The number of hydrogen-bond acceptors (Lipinski definition) is 1. The second kappa shape index (κ2) is 10.4. The van der Waals surface area contributed by atoms with Crippen LogP contribution in [-0.2, 0) is 0 Å². The van der Waals surface area contributed by atoms with Gasteiger partial charge in [-0.1, -0.05) is 51.1 Å². The summed E-state index contributed by atoms with van der Waals surface area (Å²) in [6.07, 6.45) is 4.09. The Bertz CT molecular complexity index is 1080. The van der Waals surface area contributed by atoms with Crippen molar-refractivity contribution in [3.8, 4) is 22.6 Å². The van der Waals surface area contributed by atoms with Crippen molar-refractivity contribution in [2.45, 2.75) is 52.4 Å². The third-order valence-electron chi connectivity index (χ3n) is 6.30. The van der Waals surface area contributed by atoms with Gasteiger partial charge in [-0.2, -0.15) is 0 Å². The van der Waals surface area contributed by atoms with Crippen molar-refractivity contribution in [3.63, 3.8) is 0 Å². The molecule has 0 bridgehead atoms. The van der Waals surface area contributed by atoms with Gasteiger partial charge in [-0.3, -0.25) is 0 Å². The Morgan fingerprint density at radius 1 is 0.788 bits per heavy atom. The van der Waals surface area contributed by atoms with E-state index in [0.29, 0.717) is 36.5 Å². The van der Waals surface area contributed by atoms with Gasteiger partial charge in [-0.05, 0) is 49.1 Å². The molecular formula is C27H27F5O. The molecule has 3 aromatic carbocycles. The number of rotatable bonds is 5. The Balaban J connectivity index is 0.00000306. The Morgan fingerprint density at radius 3 is 1.97 bits per heavy atom. The van der Waals surface area contributed by atoms with Crippen molar-refractivity contribution in [1.82, 2.24) is 0 Å². The van der Waals surface area contributed by atoms with E-state index in [9.17, 15) is 13.2 Å². The molecular weight excluding hydrogens is 435 g/mol. The zero-order valence-corrected chi connectivity index (χ0v) is 17.6. The van der Waals surface area contributed by atoms with Gasteiger partial charge in [-0.15, -0.1) is 0 Å². The van der Waals surface area contributed by atoms with Gasteiger partial charge in [0.1, 0.15) is 11.6 Å². The second-order valence-corrected chi connectivity index (χ2v) is 8.26. The molecule has 0 saturated heterocycles. The highest BCUT2D eigenvalue weighted by Crippen LogP contribution is 2.45. The summed E-state index contributed by atoms with van der Waals surface area (Å²) in [6.45, 7) is 2.10. The van der Waals surface area contributed by atoms with E-state index in [-0.39, 0.29) is 30.2 Å². The first-order valence-electron chi connectivity index (χ1n) is 10.8. The molecule has 6 heteroatoms. The summed E-state index contributed by atoms with van der Waals surface area (Å²) in [5.74, 6) is -6.65. The first-order chi connectivity index (χ1) is 15.4. The lowest BCUT2D eigenvalue weighted by Crippen LogP contribution is -2.15. The maximum Gasteiger partial charge on any atom is 0.194 e. The summed E-state index contributed by atoms with van der Waals surface area (Å²) in [5.41, 5.74) is 0.513. The zero-order valence-electron chi connectivity index (χ0n) is 17.6. The van der Waals surface area contributed by atoms with Crippen LogP contribution in [0, 0.1) is 35.0 Å². The molecule has 3 aromatic rings. The fourth-order valence-corrected chi connectivity index (χ4v) is 4.49. The molecule has 1 fully saturated rings. The standard InChI is InChI=1S/C26H23F5O.CH4/c1-2-15-8-10-17(11-9-15)23-20(27)14-19(16-6-4-3-5-7-16)26(25(23)31)32-18-12-21(28)24(30)22(29)13-18;/h3-7,12-15,17H,2,8-11H2,1H3;1H4/t15-,17-;. The minimum Gasteiger partial charge on any atom is -0.453 e. The van der Waals surface area contributed by atoms with E-state index in [1.807, 2.05) is 0 Å². The van der Waals surface area contributed by atoms with Crippen molar-refractivity contribution in [3.05, 3.63) is 83.2 Å². The van der Waals surface area contributed by atoms with Crippen LogP contribution in [0.25, 0.3) is 11.1 Å². The molecule has 176 valence electrons. The Labute approximate surface area is 191 Å². The highest BCUT2D eigenvalue weighted by atomic mass is 19.2. The molecule has 4 rings (SSSR count). The molecule has 1 aliphatic rings.